The molecule has 0 heterocycles. The first-order valence-corrected chi connectivity index (χ1v) is 6.16. The van der Waals surface area contributed by atoms with Crippen LogP contribution in [-0.2, 0) is 4.79 Å². The number of halogens is 1. The molecule has 100 valence electrons. The third-order valence-electron chi connectivity index (χ3n) is 2.38. The molecular formula is C13H18ClNO3. The second-order valence-corrected chi connectivity index (χ2v) is 4.70. The molecule has 5 heteroatoms. The fourth-order valence-corrected chi connectivity index (χ4v) is 1.61. The zero-order chi connectivity index (χ0) is 13.7. The molecule has 0 radical (unpaired) electrons. The number of aryl methyl sites for hydroxylation is 1. The molecule has 0 aliphatic heterocycles. The Morgan fingerprint density at radius 2 is 2.17 bits per heavy atom. The highest BCUT2D eigenvalue weighted by molar-refractivity contribution is 6.30. The summed E-state index contributed by atoms with van der Waals surface area (Å²) < 4.78 is 5.54. The van der Waals surface area contributed by atoms with Crippen molar-refractivity contribution in [1.29, 1.82) is 0 Å². The van der Waals surface area contributed by atoms with Gasteiger partial charge in [-0.3, -0.25) is 4.79 Å². The molecule has 0 spiro atoms. The molecule has 2 N–H and O–H groups in total. The highest BCUT2D eigenvalue weighted by Gasteiger charge is 2.15. The summed E-state index contributed by atoms with van der Waals surface area (Å²) in [5.74, 6) is 0.365. The number of aliphatic hydroxyl groups is 1. The minimum Gasteiger partial charge on any atom is -0.481 e. The monoisotopic (exact) mass is 271 g/mol. The Morgan fingerprint density at radius 1 is 1.50 bits per heavy atom. The first-order valence-electron chi connectivity index (χ1n) is 5.78. The summed E-state index contributed by atoms with van der Waals surface area (Å²) in [6.07, 6.45) is -1.19. The number of benzene rings is 1. The van der Waals surface area contributed by atoms with Gasteiger partial charge in [0.05, 0.1) is 6.10 Å². The predicted octanol–water partition coefficient (Wildman–Crippen LogP) is 1.91. The predicted molar refractivity (Wildman–Crippen MR) is 71.0 cm³/mol. The number of hydrogen-bond donors (Lipinski definition) is 2. The third kappa shape index (κ3) is 4.55. The van der Waals surface area contributed by atoms with Crippen LogP contribution in [0.3, 0.4) is 0 Å². The van der Waals surface area contributed by atoms with E-state index in [1.54, 1.807) is 32.0 Å². The van der Waals surface area contributed by atoms with Crippen molar-refractivity contribution in [3.63, 3.8) is 0 Å². The summed E-state index contributed by atoms with van der Waals surface area (Å²) in [5.41, 5.74) is 0.873. The van der Waals surface area contributed by atoms with Crippen molar-refractivity contribution in [3.05, 3.63) is 28.8 Å². The van der Waals surface area contributed by atoms with Crippen LogP contribution in [0.1, 0.15) is 19.4 Å². The van der Waals surface area contributed by atoms with Gasteiger partial charge in [-0.2, -0.15) is 0 Å². The van der Waals surface area contributed by atoms with Crippen LogP contribution in [0, 0.1) is 6.92 Å². The van der Waals surface area contributed by atoms with Crippen molar-refractivity contribution in [3.8, 4) is 5.75 Å². The average molecular weight is 272 g/mol. The van der Waals surface area contributed by atoms with E-state index in [4.69, 9.17) is 21.4 Å². The molecular weight excluding hydrogens is 254 g/mol. The SMILES string of the molecule is Cc1cc(Cl)ccc1OC(C)C(=O)NCC(C)O. The highest BCUT2D eigenvalue weighted by Crippen LogP contribution is 2.22. The summed E-state index contributed by atoms with van der Waals surface area (Å²) >= 11 is 5.84. The normalized spacial score (nSPS) is 13.8. The zero-order valence-corrected chi connectivity index (χ0v) is 11.5. The van der Waals surface area contributed by atoms with Crippen LogP contribution in [-0.4, -0.2) is 29.8 Å². The van der Waals surface area contributed by atoms with Gasteiger partial charge in [-0.1, -0.05) is 11.6 Å². The van der Waals surface area contributed by atoms with Crippen molar-refractivity contribution in [2.24, 2.45) is 0 Å². The van der Waals surface area contributed by atoms with Gasteiger partial charge in [-0.25, -0.2) is 0 Å². The Balaban J connectivity index is 2.58. The van der Waals surface area contributed by atoms with Crippen LogP contribution in [0.4, 0.5) is 0 Å². The lowest BCUT2D eigenvalue weighted by Crippen LogP contribution is -2.39. The van der Waals surface area contributed by atoms with Gasteiger partial charge in [0, 0.05) is 11.6 Å². The first-order chi connectivity index (χ1) is 8.40. The molecule has 0 aliphatic rings. The van der Waals surface area contributed by atoms with Crippen LogP contribution in [0.15, 0.2) is 18.2 Å². The molecule has 0 aliphatic carbocycles. The lowest BCUT2D eigenvalue weighted by molar-refractivity contribution is -0.127. The van der Waals surface area contributed by atoms with Crippen molar-refractivity contribution >= 4 is 17.5 Å². The molecule has 1 aromatic carbocycles. The van der Waals surface area contributed by atoms with Crippen molar-refractivity contribution in [2.75, 3.05) is 6.54 Å². The molecule has 0 saturated carbocycles. The molecule has 0 fully saturated rings. The Labute approximate surface area is 112 Å². The van der Waals surface area contributed by atoms with E-state index in [2.05, 4.69) is 5.32 Å². The Hall–Kier alpha value is -1.26. The lowest BCUT2D eigenvalue weighted by atomic mass is 10.2. The number of ether oxygens (including phenoxy) is 1. The molecule has 1 aromatic rings. The Bertz CT molecular complexity index is 421. The average Bonchev–Trinajstić information content (AvgIpc) is 2.29. The molecule has 0 saturated heterocycles. The van der Waals surface area contributed by atoms with E-state index in [0.717, 1.165) is 5.56 Å². The quantitative estimate of drug-likeness (QED) is 0.860. The van der Waals surface area contributed by atoms with Crippen molar-refractivity contribution in [1.82, 2.24) is 5.32 Å². The van der Waals surface area contributed by atoms with E-state index >= 15 is 0 Å². The summed E-state index contributed by atoms with van der Waals surface area (Å²) in [6, 6.07) is 5.22. The first kappa shape index (κ1) is 14.8. The van der Waals surface area contributed by atoms with E-state index in [1.807, 2.05) is 6.92 Å². The van der Waals surface area contributed by atoms with Gasteiger partial charge in [-0.05, 0) is 44.5 Å². The smallest absolute Gasteiger partial charge is 0.260 e. The van der Waals surface area contributed by atoms with Crippen LogP contribution < -0.4 is 10.1 Å². The summed E-state index contributed by atoms with van der Waals surface area (Å²) in [6.45, 7) is 5.34. The minimum absolute atomic E-state index is 0.214. The topological polar surface area (TPSA) is 58.6 Å². The molecule has 2 unspecified atom stereocenters. The van der Waals surface area contributed by atoms with Crippen LogP contribution in [0.2, 0.25) is 5.02 Å². The Morgan fingerprint density at radius 3 is 2.72 bits per heavy atom. The molecule has 1 rings (SSSR count). The summed E-state index contributed by atoms with van der Waals surface area (Å²) in [4.78, 5) is 11.7. The van der Waals surface area contributed by atoms with Gasteiger partial charge in [0.15, 0.2) is 6.10 Å². The fraction of sp³-hybridized carbons (Fsp3) is 0.462. The van der Waals surface area contributed by atoms with Gasteiger partial charge in [0.25, 0.3) is 5.91 Å². The molecule has 2 atom stereocenters. The van der Waals surface area contributed by atoms with Gasteiger partial charge in [0.1, 0.15) is 5.75 Å². The van der Waals surface area contributed by atoms with Gasteiger partial charge in [-0.15, -0.1) is 0 Å². The maximum Gasteiger partial charge on any atom is 0.260 e. The van der Waals surface area contributed by atoms with Crippen LogP contribution in [0.5, 0.6) is 5.75 Å². The highest BCUT2D eigenvalue weighted by atomic mass is 35.5. The van der Waals surface area contributed by atoms with Crippen LogP contribution >= 0.6 is 11.6 Å². The van der Waals surface area contributed by atoms with Crippen LogP contribution in [0.25, 0.3) is 0 Å². The van der Waals surface area contributed by atoms with E-state index in [9.17, 15) is 4.79 Å². The fourth-order valence-electron chi connectivity index (χ4n) is 1.38. The largest absolute Gasteiger partial charge is 0.481 e. The van der Waals surface area contributed by atoms with Crippen molar-refractivity contribution < 1.29 is 14.6 Å². The van der Waals surface area contributed by atoms with E-state index in [0.29, 0.717) is 10.8 Å². The second-order valence-electron chi connectivity index (χ2n) is 4.26. The molecule has 4 nitrogen and oxygen atoms in total. The number of carbonyl (C=O) groups excluding carboxylic acids is 1. The minimum atomic E-state index is -0.622. The second kappa shape index (κ2) is 6.61. The molecule has 1 amide bonds. The van der Waals surface area contributed by atoms with Gasteiger partial charge in [0.2, 0.25) is 0 Å². The standard InChI is InChI=1S/C13H18ClNO3/c1-8-6-11(14)4-5-12(8)18-10(3)13(17)15-7-9(2)16/h4-6,9-10,16H,7H2,1-3H3,(H,15,17). The van der Waals surface area contributed by atoms with E-state index in [-0.39, 0.29) is 12.5 Å². The lowest BCUT2D eigenvalue weighted by Gasteiger charge is -2.16. The summed E-state index contributed by atoms with van der Waals surface area (Å²) in [5, 5.41) is 12.3. The van der Waals surface area contributed by atoms with E-state index < -0.39 is 12.2 Å². The van der Waals surface area contributed by atoms with Crippen molar-refractivity contribution in [2.45, 2.75) is 33.0 Å². The molecule has 0 aromatic heterocycles. The third-order valence-corrected chi connectivity index (χ3v) is 2.62. The number of aliphatic hydroxyl groups excluding tert-OH is 1. The maximum absolute atomic E-state index is 11.7. The zero-order valence-electron chi connectivity index (χ0n) is 10.7. The Kier molecular flexibility index (Phi) is 5.44. The van der Waals surface area contributed by atoms with Gasteiger partial charge < -0.3 is 15.2 Å². The number of nitrogens with one attached hydrogen (secondary N) is 1. The number of hydrogen-bond acceptors (Lipinski definition) is 3. The molecule has 0 bridgehead atoms. The van der Waals surface area contributed by atoms with Gasteiger partial charge >= 0.3 is 0 Å². The number of amides is 1. The van der Waals surface area contributed by atoms with E-state index in [1.165, 1.54) is 0 Å². The maximum atomic E-state index is 11.7. The molecule has 18 heavy (non-hydrogen) atoms. The summed E-state index contributed by atoms with van der Waals surface area (Å²) in [7, 11) is 0. The number of carbonyl (C=O) groups is 1. The number of rotatable bonds is 5.